The Balaban J connectivity index is 1.78. The summed E-state index contributed by atoms with van der Waals surface area (Å²) in [6, 6.07) is 23.8. The number of hydrogen-bond acceptors (Lipinski definition) is 4. The molecule has 4 rings (SSSR count). The molecule has 6 heteroatoms. The van der Waals surface area contributed by atoms with Crippen LogP contribution >= 0.6 is 22.6 Å². The molecule has 168 valence electrons. The number of carbonyl (C=O) groups excluding carboxylic acids is 2. The van der Waals surface area contributed by atoms with Gasteiger partial charge in [-0.2, -0.15) is 0 Å². The number of benzene rings is 3. The van der Waals surface area contributed by atoms with Gasteiger partial charge in [0.15, 0.2) is 0 Å². The zero-order chi connectivity index (χ0) is 23.4. The molecule has 1 aliphatic rings. The molecule has 1 N–H and O–H groups in total. The maximum atomic E-state index is 13.2. The molecule has 5 nitrogen and oxygen atoms in total. The molecule has 3 aromatic rings. The largest absolute Gasteiger partial charge is 0.507 e. The number of ether oxygens (including phenoxy) is 1. The molecule has 0 spiro atoms. The summed E-state index contributed by atoms with van der Waals surface area (Å²) >= 11 is 2.21. The highest BCUT2D eigenvalue weighted by atomic mass is 127. The Morgan fingerprint density at radius 3 is 2.42 bits per heavy atom. The van der Waals surface area contributed by atoms with E-state index < -0.39 is 17.7 Å². The minimum absolute atomic E-state index is 0.0999. The molecule has 0 radical (unpaired) electrons. The molecule has 1 atom stereocenters. The molecule has 0 aromatic heterocycles. The number of ketones is 1. The van der Waals surface area contributed by atoms with Crippen LogP contribution < -0.4 is 4.74 Å². The van der Waals surface area contributed by atoms with Crippen LogP contribution in [-0.2, 0) is 16.0 Å². The number of likely N-dealkylation sites (tertiary alicyclic amines) is 1. The van der Waals surface area contributed by atoms with Crippen LogP contribution in [0.25, 0.3) is 5.76 Å². The molecule has 1 amide bonds. The van der Waals surface area contributed by atoms with Gasteiger partial charge in [0, 0.05) is 15.7 Å². The van der Waals surface area contributed by atoms with Gasteiger partial charge < -0.3 is 14.7 Å². The first-order valence-corrected chi connectivity index (χ1v) is 11.9. The van der Waals surface area contributed by atoms with Gasteiger partial charge in [-0.1, -0.05) is 54.6 Å². The molecule has 1 aliphatic heterocycles. The van der Waals surface area contributed by atoms with E-state index in [1.807, 2.05) is 61.5 Å². The van der Waals surface area contributed by atoms with Crippen molar-refractivity contribution in [1.82, 2.24) is 4.90 Å². The highest BCUT2D eigenvalue weighted by molar-refractivity contribution is 14.1. The van der Waals surface area contributed by atoms with E-state index in [9.17, 15) is 14.7 Å². The Hall–Kier alpha value is -3.13. The maximum absolute atomic E-state index is 13.2. The monoisotopic (exact) mass is 553 g/mol. The quantitative estimate of drug-likeness (QED) is 0.185. The van der Waals surface area contributed by atoms with Crippen molar-refractivity contribution >= 4 is 40.0 Å². The number of halogens is 1. The predicted octanol–water partition coefficient (Wildman–Crippen LogP) is 5.35. The maximum Gasteiger partial charge on any atom is 0.295 e. The molecule has 1 saturated heterocycles. The first kappa shape index (κ1) is 23.0. The van der Waals surface area contributed by atoms with E-state index >= 15 is 0 Å². The first-order valence-electron chi connectivity index (χ1n) is 10.8. The van der Waals surface area contributed by atoms with Crippen molar-refractivity contribution in [2.45, 2.75) is 19.4 Å². The Bertz CT molecular complexity index is 1190. The third-order valence-corrected chi connectivity index (χ3v) is 6.35. The number of nitrogens with zero attached hydrogens (tertiary/aromatic N) is 1. The fourth-order valence-corrected chi connectivity index (χ4v) is 4.41. The van der Waals surface area contributed by atoms with Gasteiger partial charge in [-0.3, -0.25) is 9.59 Å². The van der Waals surface area contributed by atoms with Crippen molar-refractivity contribution in [1.29, 1.82) is 0 Å². The summed E-state index contributed by atoms with van der Waals surface area (Å²) in [6.45, 7) is 2.72. The molecular formula is C27H24INO4. The summed E-state index contributed by atoms with van der Waals surface area (Å²) in [4.78, 5) is 27.8. The predicted molar refractivity (Wildman–Crippen MR) is 136 cm³/mol. The molecule has 1 unspecified atom stereocenters. The number of Topliss-reactive ketones (excluding diaryl/α,β-unsaturated/α-hetero) is 1. The lowest BCUT2D eigenvalue weighted by molar-refractivity contribution is -0.139. The molecule has 33 heavy (non-hydrogen) atoms. The molecule has 0 aliphatic carbocycles. The molecule has 1 fully saturated rings. The number of aliphatic hydroxyl groups is 1. The molecule has 0 saturated carbocycles. The fourth-order valence-electron chi connectivity index (χ4n) is 4.05. The van der Waals surface area contributed by atoms with Gasteiger partial charge in [-0.05, 0) is 71.3 Å². The standard InChI is InChI=1S/C27H24INO4/c1-2-33-22-10-6-9-20(17-22)25(30)23-24(19-11-13-21(28)14-12-19)29(27(32)26(23)31)16-15-18-7-4-3-5-8-18/h3-14,17,24,30H,2,15-16H2,1H3/b25-23+. The van der Waals surface area contributed by atoms with Crippen LogP contribution in [0.4, 0.5) is 0 Å². The van der Waals surface area contributed by atoms with E-state index in [-0.39, 0.29) is 11.3 Å². The second kappa shape index (κ2) is 10.2. The second-order valence-corrected chi connectivity index (χ2v) is 8.99. The lowest BCUT2D eigenvalue weighted by Crippen LogP contribution is -2.31. The summed E-state index contributed by atoms with van der Waals surface area (Å²) in [5, 5.41) is 11.2. The molecular weight excluding hydrogens is 529 g/mol. The average Bonchev–Trinajstić information content (AvgIpc) is 3.08. The van der Waals surface area contributed by atoms with Crippen molar-refractivity contribution in [3.05, 3.63) is 105 Å². The zero-order valence-electron chi connectivity index (χ0n) is 18.2. The fraction of sp³-hybridized carbons (Fsp3) is 0.185. The minimum atomic E-state index is -0.675. The van der Waals surface area contributed by atoms with Crippen molar-refractivity contribution in [3.8, 4) is 5.75 Å². The minimum Gasteiger partial charge on any atom is -0.507 e. The van der Waals surface area contributed by atoms with E-state index in [0.717, 1.165) is 14.7 Å². The molecule has 1 heterocycles. The van der Waals surface area contributed by atoms with Crippen LogP contribution in [0.1, 0.15) is 29.7 Å². The number of rotatable bonds is 7. The highest BCUT2D eigenvalue weighted by Gasteiger charge is 2.45. The number of carbonyl (C=O) groups is 2. The smallest absolute Gasteiger partial charge is 0.295 e. The number of hydrogen-bond donors (Lipinski definition) is 1. The van der Waals surface area contributed by atoms with Crippen LogP contribution in [0.2, 0.25) is 0 Å². The third-order valence-electron chi connectivity index (χ3n) is 5.63. The Kier molecular flexibility index (Phi) is 7.13. The average molecular weight is 553 g/mol. The summed E-state index contributed by atoms with van der Waals surface area (Å²) in [6.07, 6.45) is 0.606. The third kappa shape index (κ3) is 4.95. The zero-order valence-corrected chi connectivity index (χ0v) is 20.4. The van der Waals surface area contributed by atoms with Crippen molar-refractivity contribution in [2.75, 3.05) is 13.2 Å². The van der Waals surface area contributed by atoms with Crippen molar-refractivity contribution in [2.24, 2.45) is 0 Å². The van der Waals surface area contributed by atoms with Crippen LogP contribution in [0, 0.1) is 3.57 Å². The van der Waals surface area contributed by atoms with E-state index in [4.69, 9.17) is 4.74 Å². The normalized spacial score (nSPS) is 17.4. The lowest BCUT2D eigenvalue weighted by Gasteiger charge is -2.25. The number of amides is 1. The summed E-state index contributed by atoms with van der Waals surface area (Å²) in [5.41, 5.74) is 2.40. The van der Waals surface area contributed by atoms with Crippen LogP contribution in [0.15, 0.2) is 84.4 Å². The topological polar surface area (TPSA) is 66.8 Å². The second-order valence-electron chi connectivity index (χ2n) is 7.74. The van der Waals surface area contributed by atoms with E-state index in [1.165, 1.54) is 0 Å². The lowest BCUT2D eigenvalue weighted by atomic mass is 9.95. The van der Waals surface area contributed by atoms with E-state index in [0.29, 0.717) is 30.9 Å². The highest BCUT2D eigenvalue weighted by Crippen LogP contribution is 2.40. The van der Waals surface area contributed by atoms with Gasteiger partial charge in [-0.15, -0.1) is 0 Å². The van der Waals surface area contributed by atoms with Crippen molar-refractivity contribution < 1.29 is 19.4 Å². The molecule has 0 bridgehead atoms. The van der Waals surface area contributed by atoms with Gasteiger partial charge >= 0.3 is 0 Å². The van der Waals surface area contributed by atoms with Gasteiger partial charge in [0.05, 0.1) is 18.2 Å². The van der Waals surface area contributed by atoms with Gasteiger partial charge in [0.2, 0.25) is 0 Å². The van der Waals surface area contributed by atoms with Crippen LogP contribution in [0.3, 0.4) is 0 Å². The van der Waals surface area contributed by atoms with Crippen LogP contribution in [0.5, 0.6) is 5.75 Å². The molecule has 3 aromatic carbocycles. The van der Waals surface area contributed by atoms with Gasteiger partial charge in [0.25, 0.3) is 11.7 Å². The Labute approximate surface area is 206 Å². The van der Waals surface area contributed by atoms with E-state index in [1.54, 1.807) is 29.2 Å². The summed E-state index contributed by atoms with van der Waals surface area (Å²) in [7, 11) is 0. The Morgan fingerprint density at radius 2 is 1.73 bits per heavy atom. The van der Waals surface area contributed by atoms with Gasteiger partial charge in [0.1, 0.15) is 11.5 Å². The SMILES string of the molecule is CCOc1cccc(/C(O)=C2\C(=O)C(=O)N(CCc3ccccc3)C2c2ccc(I)cc2)c1. The summed E-state index contributed by atoms with van der Waals surface area (Å²) in [5.74, 6) is -0.880. The Morgan fingerprint density at radius 1 is 1.00 bits per heavy atom. The summed E-state index contributed by atoms with van der Waals surface area (Å²) < 4.78 is 6.59. The van der Waals surface area contributed by atoms with Crippen molar-refractivity contribution in [3.63, 3.8) is 0 Å². The number of aliphatic hydroxyl groups excluding tert-OH is 1. The van der Waals surface area contributed by atoms with Crippen LogP contribution in [-0.4, -0.2) is 34.8 Å². The first-order chi connectivity index (χ1) is 16.0. The van der Waals surface area contributed by atoms with Gasteiger partial charge in [-0.25, -0.2) is 0 Å². The van der Waals surface area contributed by atoms with E-state index in [2.05, 4.69) is 22.6 Å².